The summed E-state index contributed by atoms with van der Waals surface area (Å²) in [5, 5.41) is 16.2. The smallest absolute Gasteiger partial charge is 0.239 e. The zero-order chi connectivity index (χ0) is 18.5. The third kappa shape index (κ3) is 3.77. The van der Waals surface area contributed by atoms with Gasteiger partial charge < -0.3 is 5.73 Å². The highest BCUT2D eigenvalue weighted by Crippen LogP contribution is 2.21. The minimum atomic E-state index is -0.646. The number of amides is 1. The van der Waals surface area contributed by atoms with Crippen molar-refractivity contribution in [1.29, 1.82) is 5.26 Å². The standard InChI is InChI=1S/C19H18N6O/c1-13(15-6-8-17(9-7-15)25-12-22-11-23-25)24-18(19(21)26)16-4-2-14(10-20)3-5-16/h2-9,11-13,18,24H,1H3,(H2,21,26)/t13-,18+/m1/s1. The third-order valence-electron chi connectivity index (χ3n) is 4.15. The number of nitriles is 1. The Balaban J connectivity index is 1.76. The molecule has 7 heteroatoms. The fourth-order valence-electron chi connectivity index (χ4n) is 2.70. The zero-order valence-electron chi connectivity index (χ0n) is 14.2. The number of aromatic nitrogens is 3. The lowest BCUT2D eigenvalue weighted by molar-refractivity contribution is -0.120. The minimum Gasteiger partial charge on any atom is -0.368 e. The Hall–Kier alpha value is -3.50. The molecule has 0 spiro atoms. The molecule has 1 aromatic heterocycles. The molecule has 0 saturated carbocycles. The van der Waals surface area contributed by atoms with Crippen molar-refractivity contribution in [2.45, 2.75) is 19.0 Å². The van der Waals surface area contributed by atoms with E-state index in [4.69, 9.17) is 11.0 Å². The first-order valence-corrected chi connectivity index (χ1v) is 8.09. The second-order valence-corrected chi connectivity index (χ2v) is 5.89. The van der Waals surface area contributed by atoms with E-state index in [1.165, 1.54) is 6.33 Å². The number of carbonyl (C=O) groups excluding carboxylic acids is 1. The van der Waals surface area contributed by atoms with Gasteiger partial charge in [-0.2, -0.15) is 10.4 Å². The van der Waals surface area contributed by atoms with E-state index in [2.05, 4.69) is 21.5 Å². The van der Waals surface area contributed by atoms with Crippen LogP contribution < -0.4 is 11.1 Å². The normalized spacial score (nSPS) is 12.9. The van der Waals surface area contributed by atoms with Crippen molar-refractivity contribution in [2.24, 2.45) is 5.73 Å². The number of benzene rings is 2. The minimum absolute atomic E-state index is 0.104. The number of rotatable bonds is 6. The van der Waals surface area contributed by atoms with Crippen molar-refractivity contribution in [3.05, 3.63) is 77.9 Å². The first kappa shape index (κ1) is 17.3. The van der Waals surface area contributed by atoms with E-state index in [-0.39, 0.29) is 6.04 Å². The van der Waals surface area contributed by atoms with Gasteiger partial charge in [-0.15, -0.1) is 0 Å². The predicted octanol–water partition coefficient (Wildman–Crippen LogP) is 2.02. The summed E-state index contributed by atoms with van der Waals surface area (Å²) in [6, 6.07) is 15.9. The quantitative estimate of drug-likeness (QED) is 0.709. The highest BCUT2D eigenvalue weighted by atomic mass is 16.1. The molecule has 0 radical (unpaired) electrons. The Morgan fingerprint density at radius 3 is 2.35 bits per heavy atom. The maximum absolute atomic E-state index is 11.9. The number of nitrogens with one attached hydrogen (secondary N) is 1. The van der Waals surface area contributed by atoms with Crippen LogP contribution in [0, 0.1) is 11.3 Å². The van der Waals surface area contributed by atoms with Crippen LogP contribution in [0.4, 0.5) is 0 Å². The van der Waals surface area contributed by atoms with Crippen molar-refractivity contribution in [3.63, 3.8) is 0 Å². The molecule has 0 aliphatic carbocycles. The molecular formula is C19H18N6O. The van der Waals surface area contributed by atoms with E-state index in [1.54, 1.807) is 35.3 Å². The van der Waals surface area contributed by atoms with Gasteiger partial charge >= 0.3 is 0 Å². The van der Waals surface area contributed by atoms with Crippen LogP contribution in [-0.4, -0.2) is 20.7 Å². The number of nitrogens with two attached hydrogens (primary N) is 1. The predicted molar refractivity (Wildman–Crippen MR) is 96.0 cm³/mol. The Labute approximate surface area is 151 Å². The van der Waals surface area contributed by atoms with Crippen LogP contribution in [-0.2, 0) is 4.79 Å². The highest BCUT2D eigenvalue weighted by molar-refractivity contribution is 5.81. The van der Waals surface area contributed by atoms with Gasteiger partial charge in [0.2, 0.25) is 5.91 Å². The van der Waals surface area contributed by atoms with Crippen LogP contribution in [0.3, 0.4) is 0 Å². The first-order chi connectivity index (χ1) is 12.6. The molecule has 1 heterocycles. The van der Waals surface area contributed by atoms with Crippen molar-refractivity contribution in [2.75, 3.05) is 0 Å². The van der Waals surface area contributed by atoms with Crippen molar-refractivity contribution >= 4 is 5.91 Å². The van der Waals surface area contributed by atoms with Crippen molar-refractivity contribution in [3.8, 4) is 11.8 Å². The van der Waals surface area contributed by atoms with Crippen molar-refractivity contribution in [1.82, 2.24) is 20.1 Å². The average Bonchev–Trinajstić information content (AvgIpc) is 3.21. The second kappa shape index (κ2) is 7.59. The van der Waals surface area contributed by atoms with Gasteiger partial charge in [0.25, 0.3) is 0 Å². The SMILES string of the molecule is C[C@@H](N[C@H](C(N)=O)c1ccc(C#N)cc1)c1ccc(-n2cncn2)cc1. The zero-order valence-corrected chi connectivity index (χ0v) is 14.2. The molecule has 130 valence electrons. The fourth-order valence-corrected chi connectivity index (χ4v) is 2.70. The molecule has 1 amide bonds. The summed E-state index contributed by atoms with van der Waals surface area (Å²) >= 11 is 0. The van der Waals surface area contributed by atoms with Crippen LogP contribution in [0.25, 0.3) is 5.69 Å². The first-order valence-electron chi connectivity index (χ1n) is 8.09. The van der Waals surface area contributed by atoms with Crippen LogP contribution in [0.1, 0.15) is 35.7 Å². The molecule has 0 fully saturated rings. The highest BCUT2D eigenvalue weighted by Gasteiger charge is 2.20. The van der Waals surface area contributed by atoms with Gasteiger partial charge in [-0.1, -0.05) is 24.3 Å². The van der Waals surface area contributed by atoms with E-state index in [0.29, 0.717) is 5.56 Å². The largest absolute Gasteiger partial charge is 0.368 e. The Kier molecular flexibility index (Phi) is 5.06. The fraction of sp³-hybridized carbons (Fsp3) is 0.158. The van der Waals surface area contributed by atoms with Crippen molar-refractivity contribution < 1.29 is 4.79 Å². The molecule has 2 atom stereocenters. The summed E-state index contributed by atoms with van der Waals surface area (Å²) in [4.78, 5) is 15.8. The van der Waals surface area contributed by atoms with Crippen LogP contribution in [0.2, 0.25) is 0 Å². The summed E-state index contributed by atoms with van der Waals surface area (Å²) in [5.74, 6) is -0.471. The second-order valence-electron chi connectivity index (χ2n) is 5.89. The summed E-state index contributed by atoms with van der Waals surface area (Å²) < 4.78 is 1.67. The Morgan fingerprint density at radius 1 is 1.15 bits per heavy atom. The average molecular weight is 346 g/mol. The van der Waals surface area contributed by atoms with Gasteiger partial charge in [-0.25, -0.2) is 9.67 Å². The molecule has 0 unspecified atom stereocenters. The van der Waals surface area contributed by atoms with E-state index < -0.39 is 11.9 Å². The summed E-state index contributed by atoms with van der Waals surface area (Å²) in [6.07, 6.45) is 3.11. The molecule has 0 bridgehead atoms. The van der Waals surface area contributed by atoms with Gasteiger partial charge in [-0.05, 0) is 42.3 Å². The number of carbonyl (C=O) groups is 1. The van der Waals surface area contributed by atoms with E-state index in [9.17, 15) is 4.79 Å². The van der Waals surface area contributed by atoms with Gasteiger partial charge in [0.1, 0.15) is 18.7 Å². The molecule has 3 N–H and O–H groups in total. The topological polar surface area (TPSA) is 110 Å². The molecular weight excluding hydrogens is 328 g/mol. The van der Waals surface area contributed by atoms with Crippen LogP contribution >= 0.6 is 0 Å². The van der Waals surface area contributed by atoms with E-state index >= 15 is 0 Å². The van der Waals surface area contributed by atoms with Gasteiger partial charge in [0, 0.05) is 6.04 Å². The molecule has 2 aromatic carbocycles. The molecule has 26 heavy (non-hydrogen) atoms. The number of hydrogen-bond acceptors (Lipinski definition) is 5. The molecule has 0 aliphatic rings. The Bertz CT molecular complexity index is 910. The molecule has 0 saturated heterocycles. The Morgan fingerprint density at radius 2 is 1.81 bits per heavy atom. The van der Waals surface area contributed by atoms with Gasteiger partial charge in [-0.3, -0.25) is 10.1 Å². The molecule has 3 rings (SSSR count). The summed E-state index contributed by atoms with van der Waals surface area (Å²) in [5.41, 5.74) is 8.74. The lowest BCUT2D eigenvalue weighted by atomic mass is 10.0. The van der Waals surface area contributed by atoms with Crippen LogP contribution in [0.5, 0.6) is 0 Å². The van der Waals surface area contributed by atoms with E-state index in [0.717, 1.165) is 16.8 Å². The number of nitrogens with zero attached hydrogens (tertiary/aromatic N) is 4. The number of hydrogen-bond donors (Lipinski definition) is 2. The third-order valence-corrected chi connectivity index (χ3v) is 4.15. The van der Waals surface area contributed by atoms with Gasteiger partial charge in [0.15, 0.2) is 0 Å². The van der Waals surface area contributed by atoms with Gasteiger partial charge in [0.05, 0.1) is 17.3 Å². The maximum atomic E-state index is 11.9. The maximum Gasteiger partial charge on any atom is 0.239 e. The monoisotopic (exact) mass is 346 g/mol. The van der Waals surface area contributed by atoms with E-state index in [1.807, 2.05) is 31.2 Å². The summed E-state index contributed by atoms with van der Waals surface area (Å²) in [6.45, 7) is 1.96. The molecule has 7 nitrogen and oxygen atoms in total. The summed E-state index contributed by atoms with van der Waals surface area (Å²) in [7, 11) is 0. The van der Waals surface area contributed by atoms with Crippen LogP contribution in [0.15, 0.2) is 61.2 Å². The lowest BCUT2D eigenvalue weighted by Gasteiger charge is -2.22. The molecule has 0 aliphatic heterocycles. The molecule has 3 aromatic rings. The lowest BCUT2D eigenvalue weighted by Crippen LogP contribution is -2.35. The number of primary amides is 1.